The summed E-state index contributed by atoms with van der Waals surface area (Å²) >= 11 is 0. The third-order valence-corrected chi connectivity index (χ3v) is 2.76. The number of anilines is 2. The molecule has 0 atom stereocenters. The van der Waals surface area contributed by atoms with E-state index < -0.39 is 29.0 Å². The molecule has 0 aromatic heterocycles. The van der Waals surface area contributed by atoms with Crippen LogP contribution in [0.25, 0.3) is 0 Å². The van der Waals surface area contributed by atoms with E-state index in [1.807, 2.05) is 0 Å². The van der Waals surface area contributed by atoms with Crippen molar-refractivity contribution in [2.24, 2.45) is 0 Å². The highest BCUT2D eigenvalue weighted by Crippen LogP contribution is 2.20. The fraction of sp³-hybridized carbons (Fsp3) is 0.0714. The first kappa shape index (κ1) is 13.9. The Morgan fingerprint density at radius 2 is 1.70 bits per heavy atom. The van der Waals surface area contributed by atoms with E-state index in [9.17, 15) is 18.0 Å². The smallest absolute Gasteiger partial charge is 0.256 e. The Morgan fingerprint density at radius 1 is 1.05 bits per heavy atom. The van der Waals surface area contributed by atoms with Gasteiger partial charge in [0.1, 0.15) is 5.82 Å². The standard InChI is InChI=1S/C14H11F3N2O/c1-7-2-3-8(18)4-9(7)14(20)19-13-6-11(16)10(15)5-12(13)17/h2-6H,18H2,1H3,(H,19,20). The second kappa shape index (κ2) is 5.24. The van der Waals surface area contributed by atoms with E-state index in [1.165, 1.54) is 6.07 Å². The third-order valence-electron chi connectivity index (χ3n) is 2.76. The van der Waals surface area contributed by atoms with Crippen LogP contribution in [-0.4, -0.2) is 5.91 Å². The predicted molar refractivity (Wildman–Crippen MR) is 69.9 cm³/mol. The fourth-order valence-electron chi connectivity index (χ4n) is 1.69. The average molecular weight is 280 g/mol. The van der Waals surface area contributed by atoms with Crippen LogP contribution in [0.2, 0.25) is 0 Å². The molecule has 20 heavy (non-hydrogen) atoms. The Kier molecular flexibility index (Phi) is 3.65. The SMILES string of the molecule is Cc1ccc(N)cc1C(=O)Nc1cc(F)c(F)cc1F. The van der Waals surface area contributed by atoms with E-state index in [0.29, 0.717) is 23.4 Å². The highest BCUT2D eigenvalue weighted by atomic mass is 19.2. The van der Waals surface area contributed by atoms with Crippen LogP contribution >= 0.6 is 0 Å². The number of halogens is 3. The monoisotopic (exact) mass is 280 g/mol. The predicted octanol–water partition coefficient (Wildman–Crippen LogP) is 3.25. The summed E-state index contributed by atoms with van der Waals surface area (Å²) in [4.78, 5) is 12.0. The summed E-state index contributed by atoms with van der Waals surface area (Å²) in [5.74, 6) is -4.27. The number of benzene rings is 2. The van der Waals surface area contributed by atoms with Gasteiger partial charge in [0.2, 0.25) is 0 Å². The molecule has 0 aliphatic rings. The van der Waals surface area contributed by atoms with Crippen LogP contribution in [0.15, 0.2) is 30.3 Å². The molecule has 0 saturated heterocycles. The number of carbonyl (C=O) groups excluding carboxylic acids is 1. The normalized spacial score (nSPS) is 10.4. The van der Waals surface area contributed by atoms with Crippen molar-refractivity contribution in [2.45, 2.75) is 6.92 Å². The van der Waals surface area contributed by atoms with Crippen molar-refractivity contribution in [2.75, 3.05) is 11.1 Å². The summed E-state index contributed by atoms with van der Waals surface area (Å²) in [5.41, 5.74) is 6.36. The Balaban J connectivity index is 2.32. The Hall–Kier alpha value is -2.50. The van der Waals surface area contributed by atoms with Gasteiger partial charge in [-0.3, -0.25) is 4.79 Å². The molecule has 0 heterocycles. The topological polar surface area (TPSA) is 55.1 Å². The van der Waals surface area contributed by atoms with Crippen molar-refractivity contribution >= 4 is 17.3 Å². The van der Waals surface area contributed by atoms with Crippen molar-refractivity contribution in [3.8, 4) is 0 Å². The van der Waals surface area contributed by atoms with Gasteiger partial charge < -0.3 is 11.1 Å². The summed E-state index contributed by atoms with van der Waals surface area (Å²) < 4.78 is 39.3. The number of aryl methyl sites for hydroxylation is 1. The van der Waals surface area contributed by atoms with Gasteiger partial charge >= 0.3 is 0 Å². The maximum Gasteiger partial charge on any atom is 0.256 e. The summed E-state index contributed by atoms with van der Waals surface area (Å²) in [6.07, 6.45) is 0. The first-order chi connectivity index (χ1) is 9.38. The van der Waals surface area contributed by atoms with Crippen LogP contribution in [0.4, 0.5) is 24.5 Å². The van der Waals surface area contributed by atoms with Gasteiger partial charge in [0.05, 0.1) is 5.69 Å². The summed E-state index contributed by atoms with van der Waals surface area (Å²) in [6, 6.07) is 5.62. The van der Waals surface area contributed by atoms with E-state index >= 15 is 0 Å². The molecule has 0 radical (unpaired) electrons. The minimum absolute atomic E-state index is 0.231. The van der Waals surface area contributed by atoms with Gasteiger partial charge in [-0.25, -0.2) is 13.2 Å². The minimum Gasteiger partial charge on any atom is -0.399 e. The molecule has 2 aromatic carbocycles. The van der Waals surface area contributed by atoms with Crippen molar-refractivity contribution in [3.05, 3.63) is 58.9 Å². The Bertz CT molecular complexity index is 686. The first-order valence-electron chi connectivity index (χ1n) is 5.70. The molecule has 0 saturated carbocycles. The van der Waals surface area contributed by atoms with Gasteiger partial charge in [0, 0.05) is 23.4 Å². The molecule has 0 aliphatic heterocycles. The van der Waals surface area contributed by atoms with Gasteiger partial charge in [-0.2, -0.15) is 0 Å². The molecule has 104 valence electrons. The molecule has 0 bridgehead atoms. The molecular formula is C14H11F3N2O. The fourth-order valence-corrected chi connectivity index (χ4v) is 1.69. The highest BCUT2D eigenvalue weighted by molar-refractivity contribution is 6.05. The van der Waals surface area contributed by atoms with E-state index in [4.69, 9.17) is 5.73 Å². The van der Waals surface area contributed by atoms with Crippen molar-refractivity contribution in [1.29, 1.82) is 0 Å². The zero-order valence-electron chi connectivity index (χ0n) is 10.5. The molecule has 0 fully saturated rings. The zero-order valence-corrected chi connectivity index (χ0v) is 10.5. The quantitative estimate of drug-likeness (QED) is 0.655. The molecule has 2 rings (SSSR count). The maximum atomic E-state index is 13.4. The molecule has 0 spiro atoms. The first-order valence-corrected chi connectivity index (χ1v) is 5.70. The van der Waals surface area contributed by atoms with Crippen molar-refractivity contribution in [1.82, 2.24) is 0 Å². The summed E-state index contributed by atoms with van der Waals surface area (Å²) in [6.45, 7) is 1.68. The number of amides is 1. The van der Waals surface area contributed by atoms with Gasteiger partial charge in [-0.15, -0.1) is 0 Å². The molecule has 1 amide bonds. The zero-order chi connectivity index (χ0) is 14.9. The molecule has 3 nitrogen and oxygen atoms in total. The van der Waals surface area contributed by atoms with Crippen LogP contribution in [0.1, 0.15) is 15.9 Å². The number of nitrogens with two attached hydrogens (primary N) is 1. The lowest BCUT2D eigenvalue weighted by atomic mass is 10.1. The van der Waals surface area contributed by atoms with Crippen molar-refractivity contribution < 1.29 is 18.0 Å². The second-order valence-corrected chi connectivity index (χ2v) is 4.27. The van der Waals surface area contributed by atoms with Gasteiger partial charge in [0.15, 0.2) is 11.6 Å². The summed E-state index contributed by atoms with van der Waals surface area (Å²) in [5, 5.41) is 2.19. The molecular weight excluding hydrogens is 269 g/mol. The van der Waals surface area contributed by atoms with Gasteiger partial charge in [-0.1, -0.05) is 6.07 Å². The van der Waals surface area contributed by atoms with E-state index in [0.717, 1.165) is 0 Å². The molecule has 0 unspecified atom stereocenters. The lowest BCUT2D eigenvalue weighted by Crippen LogP contribution is -2.15. The lowest BCUT2D eigenvalue weighted by Gasteiger charge is -2.09. The van der Waals surface area contributed by atoms with E-state index in [1.54, 1.807) is 19.1 Å². The number of carbonyl (C=O) groups is 1. The number of hydrogen-bond acceptors (Lipinski definition) is 2. The van der Waals surface area contributed by atoms with E-state index in [-0.39, 0.29) is 5.56 Å². The van der Waals surface area contributed by atoms with Crippen LogP contribution < -0.4 is 11.1 Å². The van der Waals surface area contributed by atoms with Gasteiger partial charge in [0.25, 0.3) is 5.91 Å². The Labute approximate surface area is 113 Å². The molecule has 2 aromatic rings. The molecule has 6 heteroatoms. The second-order valence-electron chi connectivity index (χ2n) is 4.27. The number of hydrogen-bond donors (Lipinski definition) is 2. The maximum absolute atomic E-state index is 13.4. The van der Waals surface area contributed by atoms with Crippen LogP contribution in [-0.2, 0) is 0 Å². The van der Waals surface area contributed by atoms with E-state index in [2.05, 4.69) is 5.32 Å². The Morgan fingerprint density at radius 3 is 2.40 bits per heavy atom. The largest absolute Gasteiger partial charge is 0.399 e. The summed E-state index contributed by atoms with van der Waals surface area (Å²) in [7, 11) is 0. The number of rotatable bonds is 2. The minimum atomic E-state index is -1.32. The number of nitrogens with one attached hydrogen (secondary N) is 1. The van der Waals surface area contributed by atoms with Crippen LogP contribution in [0.5, 0.6) is 0 Å². The highest BCUT2D eigenvalue weighted by Gasteiger charge is 2.15. The lowest BCUT2D eigenvalue weighted by molar-refractivity contribution is 0.102. The molecule has 3 N–H and O–H groups in total. The average Bonchev–Trinajstić information content (AvgIpc) is 2.38. The van der Waals surface area contributed by atoms with Gasteiger partial charge in [-0.05, 0) is 24.6 Å². The number of nitrogen functional groups attached to an aromatic ring is 1. The van der Waals surface area contributed by atoms with Crippen LogP contribution in [0.3, 0.4) is 0 Å². The van der Waals surface area contributed by atoms with Crippen LogP contribution in [0, 0.1) is 24.4 Å². The third kappa shape index (κ3) is 2.74. The van der Waals surface area contributed by atoms with Crippen molar-refractivity contribution in [3.63, 3.8) is 0 Å². The molecule has 0 aliphatic carbocycles.